The van der Waals surface area contributed by atoms with E-state index < -0.39 is 0 Å². The standard InChI is InChI=1S/C15H18N4O2/c1-10-16-14(18-17-10)15(20)19-8-4-7-13(19)11-5-3-6-12(9-11)21-2/h3,5-6,9,13H,4,7-8H2,1-2H3,(H,16,17,18). The molecule has 1 aromatic heterocycles. The summed E-state index contributed by atoms with van der Waals surface area (Å²) in [4.78, 5) is 18.5. The molecule has 6 nitrogen and oxygen atoms in total. The third-order valence-corrected chi connectivity index (χ3v) is 3.78. The highest BCUT2D eigenvalue weighted by Crippen LogP contribution is 2.34. The summed E-state index contributed by atoms with van der Waals surface area (Å²) < 4.78 is 5.26. The van der Waals surface area contributed by atoms with Crippen molar-refractivity contribution in [2.45, 2.75) is 25.8 Å². The summed E-state index contributed by atoms with van der Waals surface area (Å²) >= 11 is 0. The van der Waals surface area contributed by atoms with E-state index in [1.54, 1.807) is 14.0 Å². The van der Waals surface area contributed by atoms with Gasteiger partial charge >= 0.3 is 0 Å². The first-order valence-corrected chi connectivity index (χ1v) is 7.03. The van der Waals surface area contributed by atoms with Crippen molar-refractivity contribution in [1.29, 1.82) is 0 Å². The molecule has 6 heteroatoms. The van der Waals surface area contributed by atoms with Crippen molar-refractivity contribution in [3.8, 4) is 5.75 Å². The van der Waals surface area contributed by atoms with Crippen molar-refractivity contribution in [1.82, 2.24) is 20.1 Å². The summed E-state index contributed by atoms with van der Waals surface area (Å²) in [5.74, 6) is 1.57. The average Bonchev–Trinajstić information content (AvgIpc) is 3.15. The first-order chi connectivity index (χ1) is 10.2. The number of nitrogens with zero attached hydrogens (tertiary/aromatic N) is 3. The number of likely N-dealkylation sites (tertiary alicyclic amines) is 1. The van der Waals surface area contributed by atoms with Crippen molar-refractivity contribution in [3.63, 3.8) is 0 Å². The smallest absolute Gasteiger partial charge is 0.294 e. The number of carbonyl (C=O) groups excluding carboxylic acids is 1. The second-order valence-electron chi connectivity index (χ2n) is 5.18. The van der Waals surface area contributed by atoms with Crippen LogP contribution in [0.4, 0.5) is 0 Å². The van der Waals surface area contributed by atoms with Gasteiger partial charge in [-0.25, -0.2) is 4.98 Å². The molecule has 0 radical (unpaired) electrons. The molecule has 1 N–H and O–H groups in total. The minimum atomic E-state index is -0.121. The molecule has 0 bridgehead atoms. The van der Waals surface area contributed by atoms with Crippen LogP contribution in [0, 0.1) is 6.92 Å². The Morgan fingerprint density at radius 2 is 2.33 bits per heavy atom. The Hall–Kier alpha value is -2.37. The van der Waals surface area contributed by atoms with Gasteiger partial charge in [-0.1, -0.05) is 12.1 Å². The zero-order valence-electron chi connectivity index (χ0n) is 12.2. The molecule has 0 aliphatic carbocycles. The van der Waals surface area contributed by atoms with E-state index in [9.17, 15) is 4.79 Å². The lowest BCUT2D eigenvalue weighted by molar-refractivity contribution is 0.0723. The molecule has 2 heterocycles. The Labute approximate surface area is 123 Å². The maximum absolute atomic E-state index is 12.5. The van der Waals surface area contributed by atoms with Gasteiger partial charge in [-0.05, 0) is 37.5 Å². The first-order valence-electron chi connectivity index (χ1n) is 7.03. The molecule has 1 atom stereocenters. The molecule has 3 rings (SSSR count). The number of carbonyl (C=O) groups is 1. The minimum absolute atomic E-state index is 0.0615. The zero-order valence-corrected chi connectivity index (χ0v) is 12.2. The van der Waals surface area contributed by atoms with Gasteiger partial charge < -0.3 is 9.64 Å². The number of aryl methyl sites for hydroxylation is 1. The molecular formula is C15H18N4O2. The highest BCUT2D eigenvalue weighted by molar-refractivity contribution is 5.91. The zero-order chi connectivity index (χ0) is 14.8. The monoisotopic (exact) mass is 286 g/mol. The molecule has 1 aliphatic heterocycles. The van der Waals surface area contributed by atoms with Crippen LogP contribution < -0.4 is 4.74 Å². The molecule has 2 aromatic rings. The number of rotatable bonds is 3. The van der Waals surface area contributed by atoms with Crippen molar-refractivity contribution in [3.05, 3.63) is 41.5 Å². The summed E-state index contributed by atoms with van der Waals surface area (Å²) in [5.41, 5.74) is 1.09. The van der Waals surface area contributed by atoms with Gasteiger partial charge in [0.2, 0.25) is 5.82 Å². The molecular weight excluding hydrogens is 268 g/mol. The van der Waals surface area contributed by atoms with Crippen LogP contribution in [0.25, 0.3) is 0 Å². The van der Waals surface area contributed by atoms with Gasteiger partial charge in [-0.2, -0.15) is 0 Å². The van der Waals surface area contributed by atoms with E-state index in [2.05, 4.69) is 15.2 Å². The van der Waals surface area contributed by atoms with Gasteiger partial charge in [0, 0.05) is 6.54 Å². The fourth-order valence-electron chi connectivity index (χ4n) is 2.77. The predicted octanol–water partition coefficient (Wildman–Crippen LogP) is 2.10. The number of aromatic amines is 1. The minimum Gasteiger partial charge on any atom is -0.497 e. The first kappa shape index (κ1) is 13.6. The Balaban J connectivity index is 1.86. The van der Waals surface area contributed by atoms with Gasteiger partial charge in [0.25, 0.3) is 5.91 Å². The number of benzene rings is 1. The maximum atomic E-state index is 12.5. The van der Waals surface area contributed by atoms with Crippen molar-refractivity contribution in [2.75, 3.05) is 13.7 Å². The Morgan fingerprint density at radius 3 is 3.05 bits per heavy atom. The molecule has 1 fully saturated rings. The van der Waals surface area contributed by atoms with Gasteiger partial charge in [-0.15, -0.1) is 5.10 Å². The van der Waals surface area contributed by atoms with E-state index in [1.807, 2.05) is 29.2 Å². The second kappa shape index (κ2) is 5.55. The van der Waals surface area contributed by atoms with Gasteiger partial charge in [-0.3, -0.25) is 9.89 Å². The summed E-state index contributed by atoms with van der Waals surface area (Å²) in [7, 11) is 1.65. The molecule has 1 aromatic carbocycles. The molecule has 0 saturated carbocycles. The van der Waals surface area contributed by atoms with Crippen LogP contribution in [0.3, 0.4) is 0 Å². The number of nitrogens with one attached hydrogen (secondary N) is 1. The lowest BCUT2D eigenvalue weighted by Crippen LogP contribution is -2.31. The summed E-state index contributed by atoms with van der Waals surface area (Å²) in [5, 5.41) is 6.69. The van der Waals surface area contributed by atoms with E-state index in [0.29, 0.717) is 5.82 Å². The number of H-pyrrole nitrogens is 1. The van der Waals surface area contributed by atoms with Gasteiger partial charge in [0.05, 0.1) is 13.2 Å². The van der Waals surface area contributed by atoms with E-state index in [4.69, 9.17) is 4.74 Å². The predicted molar refractivity (Wildman–Crippen MR) is 77.1 cm³/mol. The molecule has 1 amide bonds. The van der Waals surface area contributed by atoms with E-state index >= 15 is 0 Å². The Morgan fingerprint density at radius 1 is 1.48 bits per heavy atom. The number of ether oxygens (including phenoxy) is 1. The van der Waals surface area contributed by atoms with Gasteiger partial charge in [0.1, 0.15) is 11.6 Å². The van der Waals surface area contributed by atoms with Crippen LogP contribution in [-0.4, -0.2) is 39.6 Å². The van der Waals surface area contributed by atoms with Crippen molar-refractivity contribution >= 4 is 5.91 Å². The molecule has 110 valence electrons. The fourth-order valence-corrected chi connectivity index (χ4v) is 2.77. The van der Waals surface area contributed by atoms with E-state index in [-0.39, 0.29) is 17.8 Å². The van der Waals surface area contributed by atoms with Crippen LogP contribution in [0.5, 0.6) is 5.75 Å². The maximum Gasteiger partial charge on any atom is 0.294 e. The average molecular weight is 286 g/mol. The number of amides is 1. The quantitative estimate of drug-likeness (QED) is 0.938. The number of aromatic nitrogens is 3. The highest BCUT2D eigenvalue weighted by atomic mass is 16.5. The summed E-state index contributed by atoms with van der Waals surface area (Å²) in [6.07, 6.45) is 1.93. The number of hydrogen-bond donors (Lipinski definition) is 1. The Bertz CT molecular complexity index is 653. The fraction of sp³-hybridized carbons (Fsp3) is 0.400. The van der Waals surface area contributed by atoms with Crippen LogP contribution in [-0.2, 0) is 0 Å². The van der Waals surface area contributed by atoms with Crippen LogP contribution >= 0.6 is 0 Å². The van der Waals surface area contributed by atoms with Crippen LogP contribution in [0.2, 0.25) is 0 Å². The van der Waals surface area contributed by atoms with E-state index in [0.717, 1.165) is 30.7 Å². The molecule has 1 saturated heterocycles. The third kappa shape index (κ3) is 2.61. The molecule has 21 heavy (non-hydrogen) atoms. The lowest BCUT2D eigenvalue weighted by Gasteiger charge is -2.24. The summed E-state index contributed by atoms with van der Waals surface area (Å²) in [6.45, 7) is 2.52. The van der Waals surface area contributed by atoms with Crippen molar-refractivity contribution in [2.24, 2.45) is 0 Å². The Kier molecular flexibility index (Phi) is 3.60. The van der Waals surface area contributed by atoms with E-state index in [1.165, 1.54) is 0 Å². The molecule has 1 aliphatic rings. The lowest BCUT2D eigenvalue weighted by atomic mass is 10.0. The highest BCUT2D eigenvalue weighted by Gasteiger charge is 2.32. The topological polar surface area (TPSA) is 71.1 Å². The molecule has 0 spiro atoms. The van der Waals surface area contributed by atoms with Crippen LogP contribution in [0.15, 0.2) is 24.3 Å². The largest absolute Gasteiger partial charge is 0.497 e. The SMILES string of the molecule is COc1cccc(C2CCCN2C(=O)c2n[nH]c(C)n2)c1. The third-order valence-electron chi connectivity index (χ3n) is 3.78. The second-order valence-corrected chi connectivity index (χ2v) is 5.18. The van der Waals surface area contributed by atoms with Crippen molar-refractivity contribution < 1.29 is 9.53 Å². The number of hydrogen-bond acceptors (Lipinski definition) is 4. The van der Waals surface area contributed by atoms with Crippen LogP contribution in [0.1, 0.15) is 40.9 Å². The van der Waals surface area contributed by atoms with Gasteiger partial charge in [0.15, 0.2) is 0 Å². The molecule has 1 unspecified atom stereocenters. The normalized spacial score (nSPS) is 18.0. The summed E-state index contributed by atoms with van der Waals surface area (Å²) in [6, 6.07) is 7.93. The number of methoxy groups -OCH3 is 1.